The van der Waals surface area contributed by atoms with Crippen LogP contribution in [-0.2, 0) is 11.3 Å². The quantitative estimate of drug-likeness (QED) is 0.936. The number of hydrogen-bond donors (Lipinski definition) is 1. The average molecular weight is 288 g/mol. The van der Waals surface area contributed by atoms with Gasteiger partial charge in [0.25, 0.3) is 0 Å². The lowest BCUT2D eigenvalue weighted by atomic mass is 10.0. The second-order valence-electron chi connectivity index (χ2n) is 5.14. The van der Waals surface area contributed by atoms with Crippen LogP contribution in [0.4, 0.5) is 0 Å². The fourth-order valence-electron chi connectivity index (χ4n) is 2.58. The first-order valence-corrected chi connectivity index (χ1v) is 7.97. The smallest absolute Gasteiger partial charge is 0.0989 e. The maximum Gasteiger partial charge on any atom is 0.0989 e. The zero-order valence-corrected chi connectivity index (χ0v) is 12.6. The molecule has 4 heteroatoms. The maximum absolute atomic E-state index is 5.60. The summed E-state index contributed by atoms with van der Waals surface area (Å²) in [5.41, 5.74) is 2.42. The summed E-state index contributed by atoms with van der Waals surface area (Å²) in [4.78, 5) is 6.17. The summed E-state index contributed by atoms with van der Waals surface area (Å²) in [7, 11) is 1.97. The third kappa shape index (κ3) is 2.92. The van der Waals surface area contributed by atoms with Gasteiger partial charge in [-0.25, -0.2) is 4.98 Å². The fourth-order valence-corrected chi connectivity index (χ4v) is 3.79. The summed E-state index contributed by atoms with van der Waals surface area (Å²) in [6.07, 6.45) is 2.34. The molecule has 2 aromatic rings. The molecule has 0 spiro atoms. The van der Waals surface area contributed by atoms with Gasteiger partial charge < -0.3 is 10.1 Å². The Hall–Kier alpha value is -1.23. The molecular weight excluding hydrogens is 268 g/mol. The summed E-state index contributed by atoms with van der Waals surface area (Å²) < 4.78 is 5.60. The van der Waals surface area contributed by atoms with Gasteiger partial charge in [-0.15, -0.1) is 11.3 Å². The number of ether oxygens (including phenoxy) is 1. The van der Waals surface area contributed by atoms with E-state index in [1.165, 1.54) is 21.9 Å². The molecule has 20 heavy (non-hydrogen) atoms. The number of nitrogens with zero attached hydrogens (tertiary/aromatic N) is 1. The Balaban J connectivity index is 1.93. The Bertz CT molecular complexity index is 547. The van der Waals surface area contributed by atoms with Gasteiger partial charge in [0, 0.05) is 19.1 Å². The molecule has 1 aliphatic rings. The number of thiazole rings is 1. The van der Waals surface area contributed by atoms with Crippen molar-refractivity contribution in [3.8, 4) is 10.4 Å². The number of aromatic nitrogens is 1. The summed E-state index contributed by atoms with van der Waals surface area (Å²) >= 11 is 1.83. The number of rotatable bonds is 4. The van der Waals surface area contributed by atoms with Gasteiger partial charge in [0.15, 0.2) is 0 Å². The van der Waals surface area contributed by atoms with E-state index in [2.05, 4.69) is 35.6 Å². The second kappa shape index (κ2) is 6.48. The molecule has 3 nitrogen and oxygen atoms in total. The van der Waals surface area contributed by atoms with Gasteiger partial charge in [-0.1, -0.05) is 30.3 Å². The highest BCUT2D eigenvalue weighted by atomic mass is 32.1. The van der Waals surface area contributed by atoms with Gasteiger partial charge in [0.2, 0.25) is 0 Å². The van der Waals surface area contributed by atoms with Crippen LogP contribution in [0.3, 0.4) is 0 Å². The van der Waals surface area contributed by atoms with E-state index in [0.29, 0.717) is 5.92 Å². The lowest BCUT2D eigenvalue weighted by molar-refractivity contribution is 0.0803. The van der Waals surface area contributed by atoms with Gasteiger partial charge in [-0.3, -0.25) is 0 Å². The molecule has 106 valence electrons. The third-order valence-electron chi connectivity index (χ3n) is 3.60. The largest absolute Gasteiger partial charge is 0.381 e. The summed E-state index contributed by atoms with van der Waals surface area (Å²) in [6, 6.07) is 10.5. The maximum atomic E-state index is 5.60. The monoisotopic (exact) mass is 288 g/mol. The topological polar surface area (TPSA) is 34.2 Å². The molecule has 1 aliphatic heterocycles. The highest BCUT2D eigenvalue weighted by molar-refractivity contribution is 7.15. The molecule has 0 amide bonds. The van der Waals surface area contributed by atoms with Crippen LogP contribution >= 0.6 is 11.3 Å². The SMILES string of the molecule is CNCc1nc(C2CCCOC2)sc1-c1ccccc1. The van der Waals surface area contributed by atoms with E-state index in [0.717, 1.165) is 31.9 Å². The highest BCUT2D eigenvalue weighted by Gasteiger charge is 2.22. The predicted octanol–water partition coefficient (Wildman–Crippen LogP) is 3.42. The second-order valence-corrected chi connectivity index (χ2v) is 6.17. The lowest BCUT2D eigenvalue weighted by Gasteiger charge is -2.19. The lowest BCUT2D eigenvalue weighted by Crippen LogP contribution is -2.15. The van der Waals surface area contributed by atoms with Gasteiger partial charge in [0.05, 0.1) is 22.2 Å². The van der Waals surface area contributed by atoms with E-state index in [-0.39, 0.29) is 0 Å². The minimum absolute atomic E-state index is 0.474. The molecule has 1 saturated heterocycles. The first kappa shape index (κ1) is 13.7. The van der Waals surface area contributed by atoms with Crippen LogP contribution < -0.4 is 5.32 Å². The number of hydrogen-bond acceptors (Lipinski definition) is 4. The first-order chi connectivity index (χ1) is 9.88. The minimum Gasteiger partial charge on any atom is -0.381 e. The molecule has 1 N–H and O–H groups in total. The molecule has 1 fully saturated rings. The van der Waals surface area contributed by atoms with Crippen LogP contribution in [0.15, 0.2) is 30.3 Å². The standard InChI is InChI=1S/C16H20N2OS/c1-17-10-14-15(12-6-3-2-4-7-12)20-16(18-14)13-8-5-9-19-11-13/h2-4,6-7,13,17H,5,8-11H2,1H3. The number of nitrogens with one attached hydrogen (secondary N) is 1. The van der Waals surface area contributed by atoms with Crippen molar-refractivity contribution in [2.75, 3.05) is 20.3 Å². The van der Waals surface area contributed by atoms with Gasteiger partial charge in [-0.2, -0.15) is 0 Å². The van der Waals surface area contributed by atoms with Crippen molar-refractivity contribution in [2.24, 2.45) is 0 Å². The summed E-state index contributed by atoms with van der Waals surface area (Å²) in [6.45, 7) is 2.53. The average Bonchev–Trinajstić information content (AvgIpc) is 2.94. The van der Waals surface area contributed by atoms with E-state index < -0.39 is 0 Å². The minimum atomic E-state index is 0.474. The molecule has 0 aliphatic carbocycles. The Morgan fingerprint density at radius 3 is 2.90 bits per heavy atom. The zero-order chi connectivity index (χ0) is 13.8. The molecule has 1 atom stereocenters. The Morgan fingerprint density at radius 2 is 2.20 bits per heavy atom. The van der Waals surface area contributed by atoms with Crippen LogP contribution in [0.1, 0.15) is 29.5 Å². The Kier molecular flexibility index (Phi) is 4.45. The van der Waals surface area contributed by atoms with Crippen LogP contribution in [0.25, 0.3) is 10.4 Å². The van der Waals surface area contributed by atoms with Crippen molar-refractivity contribution in [3.63, 3.8) is 0 Å². The van der Waals surface area contributed by atoms with Crippen molar-refractivity contribution in [2.45, 2.75) is 25.3 Å². The van der Waals surface area contributed by atoms with Crippen LogP contribution in [0.2, 0.25) is 0 Å². The normalized spacial score (nSPS) is 19.1. The Labute approximate surface area is 124 Å². The molecule has 2 heterocycles. The molecular formula is C16H20N2OS. The van der Waals surface area contributed by atoms with Gasteiger partial charge in [-0.05, 0) is 25.5 Å². The molecule has 0 radical (unpaired) electrons. The summed E-state index contributed by atoms with van der Waals surface area (Å²) in [5.74, 6) is 0.474. The van der Waals surface area contributed by atoms with E-state index in [4.69, 9.17) is 9.72 Å². The van der Waals surface area contributed by atoms with Crippen LogP contribution in [0.5, 0.6) is 0 Å². The van der Waals surface area contributed by atoms with Crippen molar-refractivity contribution in [3.05, 3.63) is 41.0 Å². The van der Waals surface area contributed by atoms with Crippen molar-refractivity contribution >= 4 is 11.3 Å². The van der Waals surface area contributed by atoms with Crippen molar-refractivity contribution in [1.82, 2.24) is 10.3 Å². The van der Waals surface area contributed by atoms with Crippen molar-refractivity contribution in [1.29, 1.82) is 0 Å². The zero-order valence-electron chi connectivity index (χ0n) is 11.8. The molecule has 3 rings (SSSR count). The van der Waals surface area contributed by atoms with Crippen molar-refractivity contribution < 1.29 is 4.74 Å². The molecule has 1 aromatic heterocycles. The molecule has 0 saturated carbocycles. The van der Waals surface area contributed by atoms with E-state index in [1.807, 2.05) is 18.4 Å². The van der Waals surface area contributed by atoms with E-state index >= 15 is 0 Å². The Morgan fingerprint density at radius 1 is 1.35 bits per heavy atom. The van der Waals surface area contributed by atoms with Gasteiger partial charge in [0.1, 0.15) is 0 Å². The predicted molar refractivity (Wildman–Crippen MR) is 83.1 cm³/mol. The summed E-state index contributed by atoms with van der Waals surface area (Å²) in [5, 5.41) is 4.45. The highest BCUT2D eigenvalue weighted by Crippen LogP contribution is 2.36. The van der Waals surface area contributed by atoms with Crippen LogP contribution in [0, 0.1) is 0 Å². The molecule has 1 aromatic carbocycles. The van der Waals surface area contributed by atoms with E-state index in [1.54, 1.807) is 0 Å². The fraction of sp³-hybridized carbons (Fsp3) is 0.438. The molecule has 0 bridgehead atoms. The molecule has 1 unspecified atom stereocenters. The van der Waals surface area contributed by atoms with Crippen LogP contribution in [-0.4, -0.2) is 25.2 Å². The third-order valence-corrected chi connectivity index (χ3v) is 4.91. The number of benzene rings is 1. The first-order valence-electron chi connectivity index (χ1n) is 7.16. The van der Waals surface area contributed by atoms with Gasteiger partial charge >= 0.3 is 0 Å². The van der Waals surface area contributed by atoms with E-state index in [9.17, 15) is 0 Å².